The van der Waals surface area contributed by atoms with Gasteiger partial charge in [-0.2, -0.15) is 52.7 Å². The molecular weight excluding hydrogens is 516 g/mol. The minimum atomic E-state index is -5.29. The molecule has 0 aromatic heterocycles. The minimum Gasteiger partial charge on any atom is -0.166 e. The Morgan fingerprint density at radius 3 is 0.667 bits per heavy atom. The summed E-state index contributed by atoms with van der Waals surface area (Å²) in [5.74, 6) is -6.96. The molecule has 8 bridgehead atoms. The summed E-state index contributed by atoms with van der Waals surface area (Å²) in [6, 6.07) is 0. The highest BCUT2D eigenvalue weighted by atomic mass is 19.4. The van der Waals surface area contributed by atoms with Crippen molar-refractivity contribution in [2.45, 2.75) is 50.4 Å². The van der Waals surface area contributed by atoms with Gasteiger partial charge in [-0.25, -0.2) is 0 Å². The number of hydrogen-bond donors (Lipinski definition) is 0. The summed E-state index contributed by atoms with van der Waals surface area (Å²) in [6.07, 6.45) is -18.0. The Balaban J connectivity index is 1.59. The fraction of sp³-hybridized carbons (Fsp3) is 0.500. The molecule has 196 valence electrons. The second-order valence-electron chi connectivity index (χ2n) is 9.52. The standard InChI is InChI=1S/C24H16F12/c25-21(26,27)17-13-7-11-3-4-12-8-15-10(2-1-9(13)5-14(11)18(17)22(28,29)30)6-16(12)20(24(34,35)36)19(15)23(31,32)33/h5-8,13-16H,1-4H2/t13-,14-,15-,16+/m0/s1. The van der Waals surface area contributed by atoms with Crippen molar-refractivity contribution in [3.63, 3.8) is 0 Å². The molecule has 0 aromatic carbocycles. The average molecular weight is 532 g/mol. The second-order valence-corrected chi connectivity index (χ2v) is 9.52. The third-order valence-electron chi connectivity index (χ3n) is 7.57. The maximum Gasteiger partial charge on any atom is 0.413 e. The molecule has 0 aliphatic heterocycles. The van der Waals surface area contributed by atoms with Gasteiger partial charge < -0.3 is 0 Å². The van der Waals surface area contributed by atoms with E-state index < -0.39 is 70.7 Å². The first kappa shape index (κ1) is 25.3. The van der Waals surface area contributed by atoms with Crippen molar-refractivity contribution in [2.75, 3.05) is 0 Å². The average Bonchev–Trinajstić information content (AvgIpc) is 2.71. The smallest absolute Gasteiger partial charge is 0.166 e. The Kier molecular flexibility index (Phi) is 5.31. The highest BCUT2D eigenvalue weighted by molar-refractivity contribution is 5.56. The van der Waals surface area contributed by atoms with Crippen LogP contribution in [0.25, 0.3) is 0 Å². The lowest BCUT2D eigenvalue weighted by Gasteiger charge is -2.44. The summed E-state index contributed by atoms with van der Waals surface area (Å²) in [6.45, 7) is 0. The number of hydrogen-bond acceptors (Lipinski definition) is 0. The topological polar surface area (TPSA) is 0 Å². The van der Waals surface area contributed by atoms with Gasteiger partial charge in [-0.3, -0.25) is 0 Å². The van der Waals surface area contributed by atoms with Crippen molar-refractivity contribution in [3.05, 3.63) is 68.9 Å². The van der Waals surface area contributed by atoms with Crippen molar-refractivity contribution < 1.29 is 52.7 Å². The maximum atomic E-state index is 13.8. The Hall–Kier alpha value is -2.40. The molecule has 0 unspecified atom stereocenters. The van der Waals surface area contributed by atoms with Gasteiger partial charge in [0.2, 0.25) is 0 Å². The van der Waals surface area contributed by atoms with E-state index in [1.54, 1.807) is 0 Å². The number of allylic oxidation sites excluding steroid dienone is 12. The molecule has 0 nitrogen and oxygen atoms in total. The lowest BCUT2D eigenvalue weighted by atomic mass is 9.62. The summed E-state index contributed by atoms with van der Waals surface area (Å²) in [5.41, 5.74) is -7.01. The normalized spacial score (nSPS) is 30.8. The molecule has 0 fully saturated rings. The zero-order chi connectivity index (χ0) is 26.6. The number of rotatable bonds is 0. The van der Waals surface area contributed by atoms with Crippen LogP contribution in [0.1, 0.15) is 25.7 Å². The Labute approximate surface area is 196 Å². The quantitative estimate of drug-likeness (QED) is 0.217. The molecule has 10 rings (SSSR count). The predicted molar refractivity (Wildman–Crippen MR) is 103 cm³/mol. The fourth-order valence-electron chi connectivity index (χ4n) is 6.29. The Bertz CT molecular complexity index is 1000. The molecule has 36 heavy (non-hydrogen) atoms. The van der Waals surface area contributed by atoms with E-state index in [0.717, 1.165) is 24.3 Å². The van der Waals surface area contributed by atoms with Crippen molar-refractivity contribution in [1.82, 2.24) is 0 Å². The molecule has 0 radical (unpaired) electrons. The fourth-order valence-corrected chi connectivity index (χ4v) is 6.29. The largest absolute Gasteiger partial charge is 0.413 e. The van der Waals surface area contributed by atoms with Gasteiger partial charge in [0.1, 0.15) is 0 Å². The van der Waals surface area contributed by atoms with Gasteiger partial charge >= 0.3 is 24.7 Å². The molecule has 0 saturated heterocycles. The van der Waals surface area contributed by atoms with Gasteiger partial charge in [-0.15, -0.1) is 0 Å². The summed E-state index contributed by atoms with van der Waals surface area (Å²) >= 11 is 0. The Morgan fingerprint density at radius 1 is 0.361 bits per heavy atom. The monoisotopic (exact) mass is 532 g/mol. The van der Waals surface area contributed by atoms with Crippen LogP contribution in [0.4, 0.5) is 52.7 Å². The molecule has 0 heterocycles. The van der Waals surface area contributed by atoms with E-state index in [0.29, 0.717) is 0 Å². The highest BCUT2D eigenvalue weighted by Gasteiger charge is 2.57. The van der Waals surface area contributed by atoms with E-state index in [9.17, 15) is 52.7 Å². The summed E-state index contributed by atoms with van der Waals surface area (Å²) in [4.78, 5) is 0. The molecule has 10 aliphatic carbocycles. The van der Waals surface area contributed by atoms with Crippen molar-refractivity contribution >= 4 is 0 Å². The van der Waals surface area contributed by atoms with E-state index in [2.05, 4.69) is 0 Å². The minimum absolute atomic E-state index is 0.0234. The maximum absolute atomic E-state index is 13.8. The summed E-state index contributed by atoms with van der Waals surface area (Å²) < 4.78 is 166. The number of halogens is 12. The van der Waals surface area contributed by atoms with E-state index in [4.69, 9.17) is 0 Å². The Morgan fingerprint density at radius 2 is 0.528 bits per heavy atom. The zero-order valence-corrected chi connectivity index (χ0v) is 18.0. The molecule has 0 N–H and O–H groups in total. The van der Waals surface area contributed by atoms with Gasteiger partial charge in [0, 0.05) is 23.7 Å². The van der Waals surface area contributed by atoms with Gasteiger partial charge in [0.05, 0.1) is 22.3 Å². The summed E-state index contributed by atoms with van der Waals surface area (Å²) in [7, 11) is 0. The molecule has 0 spiro atoms. The van der Waals surface area contributed by atoms with Crippen molar-refractivity contribution in [2.24, 2.45) is 23.7 Å². The van der Waals surface area contributed by atoms with Crippen LogP contribution in [-0.2, 0) is 0 Å². The molecular formula is C24H16F12. The molecule has 0 aromatic rings. The second kappa shape index (κ2) is 7.56. The van der Waals surface area contributed by atoms with Crippen LogP contribution in [0, 0.1) is 23.7 Å². The first-order valence-electron chi connectivity index (χ1n) is 11.0. The lowest BCUT2D eigenvalue weighted by molar-refractivity contribution is -0.124. The van der Waals surface area contributed by atoms with Crippen LogP contribution in [-0.4, -0.2) is 24.7 Å². The van der Waals surface area contributed by atoms with Gasteiger partial charge in [0.15, 0.2) is 0 Å². The van der Waals surface area contributed by atoms with Gasteiger partial charge in [0.25, 0.3) is 0 Å². The SMILES string of the molecule is FC(F)(F)C1=C(C(F)(F)F)[C@H]2C=C3CCC4=C[C@H]5C(=C[C@@H]4C(C(F)(F)F)=C5C(F)(F)F)CCC2=C[C@H]31. The first-order chi connectivity index (χ1) is 16.4. The van der Waals surface area contributed by atoms with Crippen LogP contribution in [0.3, 0.4) is 0 Å². The highest BCUT2D eigenvalue weighted by Crippen LogP contribution is 2.59. The van der Waals surface area contributed by atoms with Crippen LogP contribution in [0.15, 0.2) is 68.9 Å². The van der Waals surface area contributed by atoms with E-state index in [-0.39, 0.29) is 48.0 Å². The third kappa shape index (κ3) is 3.86. The van der Waals surface area contributed by atoms with Crippen molar-refractivity contribution in [3.8, 4) is 0 Å². The first-order valence-corrected chi connectivity index (χ1v) is 11.0. The van der Waals surface area contributed by atoms with Crippen LogP contribution in [0.5, 0.6) is 0 Å². The van der Waals surface area contributed by atoms with E-state index in [1.807, 2.05) is 0 Å². The third-order valence-corrected chi connectivity index (χ3v) is 7.57. The van der Waals surface area contributed by atoms with E-state index >= 15 is 0 Å². The summed E-state index contributed by atoms with van der Waals surface area (Å²) in [5, 5.41) is 0. The van der Waals surface area contributed by atoms with Crippen LogP contribution in [0.2, 0.25) is 0 Å². The molecule has 4 atom stereocenters. The van der Waals surface area contributed by atoms with Gasteiger partial charge in [-0.1, -0.05) is 46.6 Å². The molecule has 10 aliphatic rings. The molecule has 0 amide bonds. The molecule has 12 heteroatoms. The van der Waals surface area contributed by atoms with E-state index in [1.165, 1.54) is 0 Å². The van der Waals surface area contributed by atoms with Crippen LogP contribution >= 0.6 is 0 Å². The lowest BCUT2D eigenvalue weighted by Crippen LogP contribution is -2.39. The molecule has 0 saturated carbocycles. The predicted octanol–water partition coefficient (Wildman–Crippen LogP) is 8.63. The number of alkyl halides is 12. The van der Waals surface area contributed by atoms with Gasteiger partial charge in [-0.05, 0) is 25.7 Å². The van der Waals surface area contributed by atoms with Crippen molar-refractivity contribution in [1.29, 1.82) is 0 Å². The van der Waals surface area contributed by atoms with Crippen LogP contribution < -0.4 is 0 Å². The zero-order valence-electron chi connectivity index (χ0n) is 18.0.